The number of methoxy groups -OCH3 is 1. The Morgan fingerprint density at radius 2 is 1.62 bits per heavy atom. The predicted molar refractivity (Wildman–Crippen MR) is 171 cm³/mol. The molecule has 1 saturated carbocycles. The zero-order valence-corrected chi connectivity index (χ0v) is 26.5. The number of anilines is 1. The van der Waals surface area contributed by atoms with Gasteiger partial charge < -0.3 is 25.1 Å². The first-order chi connectivity index (χ1) is 19.3. The molecule has 0 aromatic heterocycles. The van der Waals surface area contributed by atoms with Gasteiger partial charge in [0.25, 0.3) is 0 Å². The Labute approximate surface area is 245 Å². The van der Waals surface area contributed by atoms with E-state index in [1.807, 2.05) is 32.0 Å². The van der Waals surface area contributed by atoms with Gasteiger partial charge in [-0.05, 0) is 86.9 Å². The maximum absolute atomic E-state index is 13.2. The fourth-order valence-corrected chi connectivity index (χ4v) is 5.71. The summed E-state index contributed by atoms with van der Waals surface area (Å²) in [6.45, 7) is 10.9. The molecule has 6 nitrogen and oxygen atoms in total. The minimum atomic E-state index is 0.0724. The van der Waals surface area contributed by atoms with E-state index < -0.39 is 0 Å². The number of carbonyl (C=O) groups excluding carboxylic acids is 2. The number of nitrogens with zero attached hydrogens (tertiary/aromatic N) is 1. The highest BCUT2D eigenvalue weighted by Crippen LogP contribution is 2.38. The minimum Gasteiger partial charge on any atom is -0.497 e. The van der Waals surface area contributed by atoms with Gasteiger partial charge in [0, 0.05) is 37.3 Å². The van der Waals surface area contributed by atoms with Crippen LogP contribution in [0.5, 0.6) is 5.75 Å². The number of ether oxygens (including phenoxy) is 1. The first kappa shape index (κ1) is 33.8. The van der Waals surface area contributed by atoms with Crippen LogP contribution < -0.4 is 15.4 Å². The zero-order valence-electron chi connectivity index (χ0n) is 25.3. The third-order valence-electron chi connectivity index (χ3n) is 7.80. The van der Waals surface area contributed by atoms with Gasteiger partial charge >= 0.3 is 0 Å². The summed E-state index contributed by atoms with van der Waals surface area (Å²) >= 11 is 0. The van der Waals surface area contributed by atoms with Gasteiger partial charge in [0.15, 0.2) is 0 Å². The average Bonchev–Trinajstić information content (AvgIpc) is 2.98. The summed E-state index contributed by atoms with van der Waals surface area (Å²) in [6.07, 6.45) is 8.13. The van der Waals surface area contributed by atoms with Crippen LogP contribution in [0.1, 0.15) is 84.2 Å². The van der Waals surface area contributed by atoms with E-state index in [9.17, 15) is 4.79 Å². The molecule has 1 heterocycles. The Hall–Kier alpha value is -2.43. The van der Waals surface area contributed by atoms with E-state index in [-0.39, 0.29) is 17.9 Å². The number of carbonyl (C=O) groups is 2. The molecule has 40 heavy (non-hydrogen) atoms. The van der Waals surface area contributed by atoms with Crippen molar-refractivity contribution >= 4 is 27.1 Å². The molecule has 0 bridgehead atoms. The molecule has 2 N–H and O–H groups in total. The van der Waals surface area contributed by atoms with Gasteiger partial charge in [-0.25, -0.2) is 0 Å². The van der Waals surface area contributed by atoms with Gasteiger partial charge in [-0.3, -0.25) is 4.79 Å². The van der Waals surface area contributed by atoms with Crippen molar-refractivity contribution in [2.75, 3.05) is 32.1 Å². The maximum Gasteiger partial charge on any atom is 0.223 e. The monoisotopic (exact) mass is 569 g/mol. The lowest BCUT2D eigenvalue weighted by atomic mass is 9.81. The molecular weight excluding hydrogens is 517 g/mol. The Kier molecular flexibility index (Phi) is 15.3. The molecule has 2 aromatic carbocycles. The number of likely N-dealkylation sites (tertiary alicyclic amines) is 1. The number of amides is 1. The summed E-state index contributed by atoms with van der Waals surface area (Å²) in [6, 6.07) is 19.2. The van der Waals surface area contributed by atoms with Crippen LogP contribution in [0.4, 0.5) is 5.69 Å². The number of nitrogens with one attached hydrogen (secondary N) is 2. The summed E-state index contributed by atoms with van der Waals surface area (Å²) in [5.41, 5.74) is 2.37. The van der Waals surface area contributed by atoms with Crippen molar-refractivity contribution in [1.29, 1.82) is 0 Å². The summed E-state index contributed by atoms with van der Waals surface area (Å²) in [5, 5.41) is 7.39. The average molecular weight is 570 g/mol. The third-order valence-corrected chi connectivity index (χ3v) is 8.38. The third kappa shape index (κ3) is 11.6. The largest absolute Gasteiger partial charge is 0.497 e. The van der Waals surface area contributed by atoms with Gasteiger partial charge in [0.05, 0.1) is 13.2 Å². The predicted octanol–water partition coefficient (Wildman–Crippen LogP) is 6.87. The van der Waals surface area contributed by atoms with E-state index in [2.05, 4.69) is 68.1 Å². The van der Waals surface area contributed by atoms with Crippen LogP contribution in [0.15, 0.2) is 54.6 Å². The summed E-state index contributed by atoms with van der Waals surface area (Å²) in [7, 11) is 4.68. The number of hydrogen-bond acceptors (Lipinski definition) is 5. The molecule has 4 rings (SSSR count). The first-order valence-electron chi connectivity index (χ1n) is 15.0. The molecule has 7 heteroatoms. The topological polar surface area (TPSA) is 70.7 Å². The molecule has 0 radical (unpaired) electrons. The normalized spacial score (nSPS) is 21.9. The molecular formula is C33H52N3O3P. The molecule has 2 unspecified atom stereocenters. The molecule has 1 saturated heterocycles. The fraction of sp³-hybridized carbons (Fsp3) is 0.576. The lowest BCUT2D eigenvalue weighted by Gasteiger charge is -2.35. The Morgan fingerprint density at radius 3 is 2.17 bits per heavy atom. The number of piperidine rings is 1. The van der Waals surface area contributed by atoms with Gasteiger partial charge in [0.2, 0.25) is 5.91 Å². The standard InChI is InChI=1S/C29H42N3O2P.C2H4O.C2H6/c1-29(35)17-12-23(13-18-29)28(33)31-27(22-6-4-3-5-7-22)16-21-32-19-14-25(15-20-32)30-24-8-10-26(34-2)11-9-24;1-2-3;1-2/h3-11,23,25,27,30H,12-21,35H2,1-2H3,(H,31,33);2H,1H3;1-2H3. The van der Waals surface area contributed by atoms with E-state index >= 15 is 0 Å². The van der Waals surface area contributed by atoms with Gasteiger partial charge in [-0.15, -0.1) is 9.24 Å². The van der Waals surface area contributed by atoms with Gasteiger partial charge in [-0.2, -0.15) is 0 Å². The second-order valence-corrected chi connectivity index (χ2v) is 12.3. The lowest BCUT2D eigenvalue weighted by molar-refractivity contribution is -0.127. The highest BCUT2D eigenvalue weighted by molar-refractivity contribution is 7.18. The van der Waals surface area contributed by atoms with Gasteiger partial charge in [-0.1, -0.05) is 51.1 Å². The minimum absolute atomic E-state index is 0.0724. The Morgan fingerprint density at radius 1 is 1.05 bits per heavy atom. The SMILES string of the molecule is CC.CC=O.COc1ccc(NC2CCN(CCC(NC(=O)C3CCC(C)(P)CC3)c3ccccc3)CC2)cc1. The maximum atomic E-state index is 13.2. The molecule has 222 valence electrons. The molecule has 2 fully saturated rings. The zero-order chi connectivity index (χ0) is 29.4. The summed E-state index contributed by atoms with van der Waals surface area (Å²) in [4.78, 5) is 24.5. The highest BCUT2D eigenvalue weighted by Gasteiger charge is 2.32. The highest BCUT2D eigenvalue weighted by atomic mass is 31.0. The fourth-order valence-electron chi connectivity index (χ4n) is 5.37. The number of rotatable bonds is 9. The van der Waals surface area contributed by atoms with Crippen molar-refractivity contribution < 1.29 is 14.3 Å². The molecule has 2 atom stereocenters. The van der Waals surface area contributed by atoms with E-state index in [1.165, 1.54) is 12.5 Å². The first-order valence-corrected chi connectivity index (χ1v) is 15.6. The Balaban J connectivity index is 0.00000105. The van der Waals surface area contributed by atoms with Crippen molar-refractivity contribution in [2.24, 2.45) is 5.92 Å². The molecule has 1 aliphatic carbocycles. The molecule has 2 aliphatic rings. The van der Waals surface area contributed by atoms with E-state index in [1.54, 1.807) is 7.11 Å². The smallest absolute Gasteiger partial charge is 0.223 e. The van der Waals surface area contributed by atoms with Crippen molar-refractivity contribution in [3.63, 3.8) is 0 Å². The summed E-state index contributed by atoms with van der Waals surface area (Å²) < 4.78 is 5.26. The van der Waals surface area contributed by atoms with Crippen LogP contribution in [0.25, 0.3) is 0 Å². The number of benzene rings is 2. The van der Waals surface area contributed by atoms with Crippen molar-refractivity contribution in [3.8, 4) is 5.75 Å². The number of hydrogen-bond donors (Lipinski definition) is 2. The van der Waals surface area contributed by atoms with Gasteiger partial charge in [0.1, 0.15) is 12.0 Å². The van der Waals surface area contributed by atoms with E-state index in [0.717, 1.165) is 82.3 Å². The van der Waals surface area contributed by atoms with Crippen molar-refractivity contribution in [3.05, 3.63) is 60.2 Å². The second kappa shape index (κ2) is 18.1. The second-order valence-electron chi connectivity index (χ2n) is 10.9. The van der Waals surface area contributed by atoms with E-state index in [0.29, 0.717) is 11.2 Å². The molecule has 1 aliphatic heterocycles. The quantitative estimate of drug-likeness (QED) is 0.255. The van der Waals surface area contributed by atoms with Crippen molar-refractivity contribution in [1.82, 2.24) is 10.2 Å². The van der Waals surface area contributed by atoms with Crippen LogP contribution in [0, 0.1) is 5.92 Å². The number of aldehydes is 1. The lowest BCUT2D eigenvalue weighted by Crippen LogP contribution is -2.42. The van der Waals surface area contributed by atoms with Crippen LogP contribution in [0.2, 0.25) is 0 Å². The molecule has 2 aromatic rings. The molecule has 0 spiro atoms. The van der Waals surface area contributed by atoms with E-state index in [4.69, 9.17) is 9.53 Å². The molecule has 1 amide bonds. The summed E-state index contributed by atoms with van der Waals surface area (Å²) in [5.74, 6) is 1.27. The van der Waals surface area contributed by atoms with Crippen molar-refractivity contribution in [2.45, 2.75) is 89.9 Å². The van der Waals surface area contributed by atoms with Crippen LogP contribution in [0.3, 0.4) is 0 Å². The van der Waals surface area contributed by atoms with Crippen LogP contribution in [-0.4, -0.2) is 55.0 Å². The van der Waals surface area contributed by atoms with Crippen LogP contribution >= 0.6 is 9.24 Å². The Bertz CT molecular complexity index is 966. The van der Waals surface area contributed by atoms with Crippen LogP contribution in [-0.2, 0) is 9.59 Å².